The van der Waals surface area contributed by atoms with Crippen LogP contribution in [0, 0.1) is 0 Å². The number of aryl methyl sites for hydroxylation is 1. The van der Waals surface area contributed by atoms with E-state index in [1.165, 1.54) is 5.56 Å². The van der Waals surface area contributed by atoms with Crippen molar-refractivity contribution in [1.82, 2.24) is 0 Å². The van der Waals surface area contributed by atoms with Crippen molar-refractivity contribution in [2.75, 3.05) is 0 Å². The van der Waals surface area contributed by atoms with Crippen LogP contribution in [0.3, 0.4) is 0 Å². The number of carbonyl (C=O) groups is 1. The maximum atomic E-state index is 11.1. The van der Waals surface area contributed by atoms with Crippen LogP contribution in [0.15, 0.2) is 23.0 Å². The maximum absolute atomic E-state index is 11.1. The van der Waals surface area contributed by atoms with E-state index in [1.807, 2.05) is 6.07 Å². The fraction of sp³-hybridized carbons (Fsp3) is 0.545. The molecule has 0 saturated carbocycles. The highest BCUT2D eigenvalue weighted by Crippen LogP contribution is 2.11. The van der Waals surface area contributed by atoms with Crippen molar-refractivity contribution in [1.29, 1.82) is 0 Å². The van der Waals surface area contributed by atoms with E-state index in [9.17, 15) is 4.79 Å². The molecule has 15 heavy (non-hydrogen) atoms. The van der Waals surface area contributed by atoms with Gasteiger partial charge in [-0.2, -0.15) is 0 Å². The molecule has 0 amide bonds. The summed E-state index contributed by atoms with van der Waals surface area (Å²) in [7, 11) is 0. The number of furan rings is 1. The zero-order valence-corrected chi connectivity index (χ0v) is 9.93. The van der Waals surface area contributed by atoms with E-state index in [4.69, 9.17) is 27.6 Å². The number of Topliss-reactive ketones (excluding diaryl/α,β-unsaturated/α-hetero) is 1. The van der Waals surface area contributed by atoms with Gasteiger partial charge < -0.3 is 4.42 Å². The van der Waals surface area contributed by atoms with Crippen LogP contribution >= 0.6 is 23.2 Å². The second kappa shape index (κ2) is 6.91. The van der Waals surface area contributed by atoms with Gasteiger partial charge in [-0.05, 0) is 30.9 Å². The first-order chi connectivity index (χ1) is 7.20. The number of unbranched alkanes of at least 4 members (excludes halogenated alkanes) is 2. The minimum atomic E-state index is -0.862. The summed E-state index contributed by atoms with van der Waals surface area (Å²) >= 11 is 10.9. The van der Waals surface area contributed by atoms with Gasteiger partial charge in [0, 0.05) is 6.42 Å². The molecule has 0 atom stereocenters. The van der Waals surface area contributed by atoms with Crippen LogP contribution in [0.25, 0.3) is 0 Å². The highest BCUT2D eigenvalue weighted by Gasteiger charge is 2.10. The molecular formula is C11H14Cl2O2. The molecule has 1 aromatic rings. The molecule has 0 radical (unpaired) electrons. The molecular weight excluding hydrogens is 235 g/mol. The van der Waals surface area contributed by atoms with E-state index in [0.717, 1.165) is 25.7 Å². The lowest BCUT2D eigenvalue weighted by Gasteiger charge is -2.00. The Morgan fingerprint density at radius 2 is 2.13 bits per heavy atom. The normalized spacial score (nSPS) is 10.9. The summed E-state index contributed by atoms with van der Waals surface area (Å²) < 4.78 is 4.95. The number of hydrogen-bond acceptors (Lipinski definition) is 2. The fourth-order valence-electron chi connectivity index (χ4n) is 1.35. The van der Waals surface area contributed by atoms with Crippen molar-refractivity contribution in [3.05, 3.63) is 24.2 Å². The van der Waals surface area contributed by atoms with Crippen molar-refractivity contribution in [3.63, 3.8) is 0 Å². The predicted molar refractivity (Wildman–Crippen MR) is 61.4 cm³/mol. The molecule has 4 heteroatoms. The molecule has 84 valence electrons. The summed E-state index contributed by atoms with van der Waals surface area (Å²) in [6.45, 7) is 0. The minimum Gasteiger partial charge on any atom is -0.472 e. The van der Waals surface area contributed by atoms with Crippen LogP contribution in [-0.2, 0) is 11.2 Å². The van der Waals surface area contributed by atoms with E-state index in [-0.39, 0.29) is 5.78 Å². The quantitative estimate of drug-likeness (QED) is 0.544. The zero-order chi connectivity index (χ0) is 11.1. The number of carbonyl (C=O) groups excluding carboxylic acids is 1. The van der Waals surface area contributed by atoms with Gasteiger partial charge in [-0.25, -0.2) is 0 Å². The highest BCUT2D eigenvalue weighted by molar-refractivity contribution is 6.53. The molecule has 0 aliphatic heterocycles. The average Bonchev–Trinajstić information content (AvgIpc) is 2.69. The topological polar surface area (TPSA) is 30.2 Å². The standard InChI is InChI=1S/C11H14Cl2O2/c12-11(13)10(14)5-3-1-2-4-9-6-7-15-8-9/h6-8,11H,1-5H2. The summed E-state index contributed by atoms with van der Waals surface area (Å²) in [6.07, 6.45) is 7.81. The van der Waals surface area contributed by atoms with Gasteiger partial charge in [0.25, 0.3) is 0 Å². The molecule has 1 aromatic heterocycles. The van der Waals surface area contributed by atoms with Crippen molar-refractivity contribution >= 4 is 29.0 Å². The van der Waals surface area contributed by atoms with E-state index in [2.05, 4.69) is 0 Å². The smallest absolute Gasteiger partial charge is 0.165 e. The lowest BCUT2D eigenvalue weighted by atomic mass is 10.1. The zero-order valence-electron chi connectivity index (χ0n) is 8.42. The van der Waals surface area contributed by atoms with Gasteiger partial charge in [0.15, 0.2) is 10.6 Å². The van der Waals surface area contributed by atoms with Crippen LogP contribution in [-0.4, -0.2) is 10.6 Å². The first-order valence-corrected chi connectivity index (χ1v) is 5.89. The molecule has 0 saturated heterocycles. The molecule has 0 N–H and O–H groups in total. The number of ketones is 1. The molecule has 2 nitrogen and oxygen atoms in total. The Morgan fingerprint density at radius 3 is 2.73 bits per heavy atom. The SMILES string of the molecule is O=C(CCCCCc1ccoc1)C(Cl)Cl. The summed E-state index contributed by atoms with van der Waals surface area (Å²) in [5.74, 6) is -0.0818. The lowest BCUT2D eigenvalue weighted by Crippen LogP contribution is -2.06. The van der Waals surface area contributed by atoms with Gasteiger partial charge in [-0.15, -0.1) is 0 Å². The summed E-state index contributed by atoms with van der Waals surface area (Å²) in [5, 5.41) is 0. The molecule has 1 heterocycles. The van der Waals surface area contributed by atoms with E-state index < -0.39 is 4.84 Å². The molecule has 0 aromatic carbocycles. The maximum Gasteiger partial charge on any atom is 0.165 e. The van der Waals surface area contributed by atoms with E-state index >= 15 is 0 Å². The highest BCUT2D eigenvalue weighted by atomic mass is 35.5. The Morgan fingerprint density at radius 1 is 1.33 bits per heavy atom. The summed E-state index contributed by atoms with van der Waals surface area (Å²) in [5.41, 5.74) is 1.20. The van der Waals surface area contributed by atoms with Crippen LogP contribution in [0.4, 0.5) is 0 Å². The molecule has 0 unspecified atom stereocenters. The first-order valence-electron chi connectivity index (χ1n) is 5.02. The number of rotatable bonds is 7. The van der Waals surface area contributed by atoms with E-state index in [0.29, 0.717) is 6.42 Å². The monoisotopic (exact) mass is 248 g/mol. The number of halogens is 2. The van der Waals surface area contributed by atoms with Crippen LogP contribution in [0.1, 0.15) is 31.2 Å². The van der Waals surface area contributed by atoms with Gasteiger partial charge in [0.1, 0.15) is 0 Å². The molecule has 0 spiro atoms. The Bertz CT molecular complexity index is 281. The van der Waals surface area contributed by atoms with Gasteiger partial charge in [-0.3, -0.25) is 4.79 Å². The van der Waals surface area contributed by atoms with Gasteiger partial charge >= 0.3 is 0 Å². The van der Waals surface area contributed by atoms with Crippen molar-refractivity contribution in [2.24, 2.45) is 0 Å². The average molecular weight is 249 g/mol. The van der Waals surface area contributed by atoms with Crippen LogP contribution in [0.5, 0.6) is 0 Å². The lowest BCUT2D eigenvalue weighted by molar-refractivity contribution is -0.117. The second-order valence-corrected chi connectivity index (χ2v) is 4.56. The first kappa shape index (κ1) is 12.6. The van der Waals surface area contributed by atoms with Crippen molar-refractivity contribution < 1.29 is 9.21 Å². The molecule has 0 bridgehead atoms. The van der Waals surface area contributed by atoms with Crippen molar-refractivity contribution in [2.45, 2.75) is 36.9 Å². The minimum absolute atomic E-state index is 0.0818. The summed E-state index contributed by atoms with van der Waals surface area (Å²) in [6, 6.07) is 1.96. The van der Waals surface area contributed by atoms with Gasteiger partial charge in [0.2, 0.25) is 0 Å². The Balaban J connectivity index is 2.00. The third-order valence-corrected chi connectivity index (χ3v) is 2.70. The predicted octanol–water partition coefficient (Wildman–Crippen LogP) is 3.76. The Kier molecular flexibility index (Phi) is 5.81. The molecule has 1 rings (SSSR count). The van der Waals surface area contributed by atoms with Crippen LogP contribution < -0.4 is 0 Å². The summed E-state index contributed by atoms with van der Waals surface area (Å²) in [4.78, 5) is 10.2. The van der Waals surface area contributed by atoms with E-state index in [1.54, 1.807) is 12.5 Å². The fourth-order valence-corrected chi connectivity index (χ4v) is 1.57. The third-order valence-electron chi connectivity index (χ3n) is 2.21. The largest absolute Gasteiger partial charge is 0.472 e. The number of alkyl halides is 2. The second-order valence-electron chi connectivity index (χ2n) is 3.46. The Hall–Kier alpha value is -0.470. The molecule has 0 aliphatic rings. The van der Waals surface area contributed by atoms with Crippen molar-refractivity contribution in [3.8, 4) is 0 Å². The van der Waals surface area contributed by atoms with Gasteiger partial charge in [-0.1, -0.05) is 29.6 Å². The molecule has 0 aliphatic carbocycles. The third kappa shape index (κ3) is 5.24. The Labute approximate surface area is 99.5 Å². The van der Waals surface area contributed by atoms with Gasteiger partial charge in [0.05, 0.1) is 12.5 Å². The molecule has 0 fully saturated rings. The number of hydrogen-bond donors (Lipinski definition) is 0. The van der Waals surface area contributed by atoms with Crippen LogP contribution in [0.2, 0.25) is 0 Å².